The maximum atomic E-state index is 9.67. The Morgan fingerprint density at radius 1 is 1.30 bits per heavy atom. The normalized spacial score (nSPS) is 6.50. The zero-order valence-corrected chi connectivity index (χ0v) is 9.75. The van der Waals surface area contributed by atoms with Crippen molar-refractivity contribution < 1.29 is 84.0 Å². The van der Waals surface area contributed by atoms with Crippen molar-refractivity contribution in [1.82, 2.24) is 0 Å². The van der Waals surface area contributed by atoms with Gasteiger partial charge in [0.2, 0.25) is 0 Å². The summed E-state index contributed by atoms with van der Waals surface area (Å²) in [6.07, 6.45) is -0.983. The van der Waals surface area contributed by atoms with Crippen molar-refractivity contribution in [3.8, 4) is 0 Å². The zero-order valence-electron chi connectivity index (χ0n) is 5.75. The average Bonchev–Trinajstić information content (AvgIpc) is 1.65. The van der Waals surface area contributed by atoms with Crippen LogP contribution in [-0.4, -0.2) is 11.9 Å². The van der Waals surface area contributed by atoms with Gasteiger partial charge in [-0.15, -0.1) is 0 Å². The van der Waals surface area contributed by atoms with Crippen LogP contribution in [0.3, 0.4) is 0 Å². The third kappa shape index (κ3) is 11.7. The van der Waals surface area contributed by atoms with Crippen molar-refractivity contribution in [2.75, 3.05) is 0 Å². The Balaban J connectivity index is -0.000000245. The summed E-state index contributed by atoms with van der Waals surface area (Å²) in [6.45, 7) is 0. The van der Waals surface area contributed by atoms with Gasteiger partial charge >= 0.3 is 65.1 Å². The molecule has 0 aromatic heterocycles. The summed E-state index contributed by atoms with van der Waals surface area (Å²) >= 11 is 0. The van der Waals surface area contributed by atoms with Crippen molar-refractivity contribution >= 4 is 11.9 Å². The first-order valence-electron chi connectivity index (χ1n) is 1.69. The quantitative estimate of drug-likeness (QED) is 0.175. The van der Waals surface area contributed by atoms with Gasteiger partial charge in [0.05, 0.1) is 12.4 Å². The van der Waals surface area contributed by atoms with Gasteiger partial charge in [-0.2, -0.15) is 0 Å². The van der Waals surface area contributed by atoms with Gasteiger partial charge in [-0.1, -0.05) is 0 Å². The maximum absolute atomic E-state index is 9.67. The number of hydrogen-bond donors (Lipinski definition) is 0. The maximum Gasteiger partial charge on any atom is 1.00 e. The fourth-order valence-electron chi connectivity index (χ4n) is 0.147. The van der Waals surface area contributed by atoms with E-state index in [-0.39, 0.29) is 59.1 Å². The van der Waals surface area contributed by atoms with Gasteiger partial charge in [0.25, 0.3) is 0 Å². The number of carboxylic acids is 1. The summed E-state index contributed by atoms with van der Waals surface area (Å²) < 4.78 is 0. The molecule has 0 aromatic rings. The second-order valence-corrected chi connectivity index (χ2v) is 1.00. The third-order valence-corrected chi connectivity index (χ3v) is 0.382. The minimum absolute atomic E-state index is 0. The van der Waals surface area contributed by atoms with E-state index in [9.17, 15) is 14.7 Å². The van der Waals surface area contributed by atoms with E-state index in [1.165, 1.54) is 0 Å². The molecule has 7 heteroatoms. The smallest absolute Gasteiger partial charge is 0.662 e. The molecule has 0 rings (SSSR count). The van der Waals surface area contributed by atoms with E-state index in [4.69, 9.17) is 5.26 Å². The first kappa shape index (κ1) is 17.1. The number of rotatable bonds is 2. The Bertz CT molecular complexity index is 113. The van der Waals surface area contributed by atoms with Gasteiger partial charge < -0.3 is 20.0 Å². The van der Waals surface area contributed by atoms with E-state index in [0.29, 0.717) is 0 Å². The number of aliphatic carboxylic acids is 1. The van der Waals surface area contributed by atoms with Gasteiger partial charge in [-0.05, 0) is 0 Å². The van der Waals surface area contributed by atoms with Crippen molar-refractivity contribution in [2.24, 2.45) is 0 Å². The first-order chi connectivity index (χ1) is 3.66. The second-order valence-electron chi connectivity index (χ2n) is 1.00. The first-order valence-corrected chi connectivity index (χ1v) is 1.69. The number of carbonyl (C=O) groups excluding carboxylic acids is 2. The van der Waals surface area contributed by atoms with Crippen molar-refractivity contribution in [1.29, 1.82) is 0 Å². The molecule has 46 valence electrons. The van der Waals surface area contributed by atoms with Crippen LogP contribution in [0.1, 0.15) is 6.42 Å². The predicted octanol–water partition coefficient (Wildman–Crippen LogP) is -9.05. The van der Waals surface area contributed by atoms with E-state index in [2.05, 4.69) is 4.89 Å². The monoisotopic (exact) mass is 164 g/mol. The molecule has 0 saturated carbocycles. The zero-order chi connectivity index (χ0) is 6.57. The number of hydrogen-bond acceptors (Lipinski definition) is 5. The summed E-state index contributed by atoms with van der Waals surface area (Å²) in [4.78, 5) is 21.8. The van der Waals surface area contributed by atoms with Crippen LogP contribution in [0.4, 0.5) is 0 Å². The van der Waals surface area contributed by atoms with E-state index in [1.807, 2.05) is 0 Å². The predicted molar refractivity (Wildman–Crippen MR) is 15.7 cm³/mol. The molecule has 0 bridgehead atoms. The molecular formula is C3H2Na2O5. The van der Waals surface area contributed by atoms with Crippen LogP contribution >= 0.6 is 0 Å². The molecule has 0 atom stereocenters. The van der Waals surface area contributed by atoms with Crippen LogP contribution in [0.2, 0.25) is 0 Å². The van der Waals surface area contributed by atoms with Crippen LogP contribution in [0.25, 0.3) is 0 Å². The largest absolute Gasteiger partial charge is 1.00 e. The Hall–Kier alpha value is 0.900. The molecule has 0 aromatic carbocycles. The minimum atomic E-state index is -1.62. The topological polar surface area (TPSA) is 89.5 Å². The molecule has 0 saturated heterocycles. The SMILES string of the molecule is O=C([O-])CC(=O)O[O-].[Na+].[Na+]. The van der Waals surface area contributed by atoms with Gasteiger partial charge in [-0.3, -0.25) is 4.79 Å². The summed E-state index contributed by atoms with van der Waals surface area (Å²) in [5.74, 6) is -2.96. The fourth-order valence-corrected chi connectivity index (χ4v) is 0.147. The second kappa shape index (κ2) is 9.90. The van der Waals surface area contributed by atoms with Crippen LogP contribution in [0.5, 0.6) is 0 Å². The number of carboxylic acid groups (broad SMARTS) is 1. The van der Waals surface area contributed by atoms with Gasteiger partial charge in [-0.25, -0.2) is 0 Å². The third-order valence-electron chi connectivity index (χ3n) is 0.382. The summed E-state index contributed by atoms with van der Waals surface area (Å²) in [7, 11) is 0. The molecule has 0 N–H and O–H groups in total. The average molecular weight is 164 g/mol. The van der Waals surface area contributed by atoms with Crippen molar-refractivity contribution in [2.45, 2.75) is 6.42 Å². The Kier molecular flexibility index (Phi) is 16.9. The van der Waals surface area contributed by atoms with E-state index < -0.39 is 18.4 Å². The Morgan fingerprint density at radius 3 is 1.80 bits per heavy atom. The summed E-state index contributed by atoms with van der Waals surface area (Å²) in [5, 5.41) is 18.4. The Morgan fingerprint density at radius 2 is 1.70 bits per heavy atom. The Labute approximate surface area is 101 Å². The van der Waals surface area contributed by atoms with E-state index in [0.717, 1.165) is 0 Å². The molecule has 0 aliphatic heterocycles. The molecule has 0 aliphatic carbocycles. The molecular weight excluding hydrogens is 162 g/mol. The van der Waals surface area contributed by atoms with Gasteiger partial charge in [0, 0.05) is 0 Å². The van der Waals surface area contributed by atoms with Gasteiger partial charge in [0.15, 0.2) is 0 Å². The van der Waals surface area contributed by atoms with Crippen molar-refractivity contribution in [3.05, 3.63) is 0 Å². The molecule has 0 spiro atoms. The molecule has 0 amide bonds. The summed E-state index contributed by atoms with van der Waals surface area (Å²) in [6, 6.07) is 0. The molecule has 0 radical (unpaired) electrons. The molecule has 10 heavy (non-hydrogen) atoms. The minimum Gasteiger partial charge on any atom is -0.662 e. The molecule has 0 unspecified atom stereocenters. The van der Waals surface area contributed by atoms with E-state index in [1.54, 1.807) is 0 Å². The summed E-state index contributed by atoms with van der Waals surface area (Å²) in [5.41, 5.74) is 0. The molecule has 0 aliphatic rings. The standard InChI is InChI=1S/C3H4O5.2Na/c4-2(5)1-3(6)8-7;;/h7H,1H2,(H,4,5);;/q;2*+1/p-2. The molecule has 0 heterocycles. The van der Waals surface area contributed by atoms with Crippen LogP contribution in [0, 0.1) is 0 Å². The number of carbonyl (C=O) groups is 2. The molecule has 0 fully saturated rings. The van der Waals surface area contributed by atoms with Crippen LogP contribution < -0.4 is 69.5 Å². The van der Waals surface area contributed by atoms with Crippen molar-refractivity contribution in [3.63, 3.8) is 0 Å². The van der Waals surface area contributed by atoms with Crippen LogP contribution in [-0.2, 0) is 14.5 Å². The molecule has 5 nitrogen and oxygen atoms in total. The van der Waals surface area contributed by atoms with E-state index >= 15 is 0 Å². The van der Waals surface area contributed by atoms with Crippen LogP contribution in [0.15, 0.2) is 0 Å². The fraction of sp³-hybridized carbons (Fsp3) is 0.333. The van der Waals surface area contributed by atoms with Gasteiger partial charge in [0.1, 0.15) is 0 Å².